The van der Waals surface area contributed by atoms with E-state index in [1.54, 1.807) is 19.9 Å². The van der Waals surface area contributed by atoms with Gasteiger partial charge in [0.15, 0.2) is 23.0 Å². The zero-order chi connectivity index (χ0) is 17.1. The van der Waals surface area contributed by atoms with Crippen LogP contribution in [-0.4, -0.2) is 22.1 Å². The average molecular weight is 384 g/mol. The molecule has 0 spiro atoms. The van der Waals surface area contributed by atoms with Crippen molar-refractivity contribution in [1.29, 1.82) is 5.26 Å². The number of rotatable bonds is 4. The molecule has 23 heavy (non-hydrogen) atoms. The molecule has 8 heteroatoms. The Balaban J connectivity index is 2.78. The molecule has 120 valence electrons. The van der Waals surface area contributed by atoms with Gasteiger partial charge in [-0.05, 0) is 19.1 Å². The number of esters is 1. The van der Waals surface area contributed by atoms with Crippen LogP contribution in [0.25, 0.3) is 5.69 Å². The van der Waals surface area contributed by atoms with Gasteiger partial charge in [-0.2, -0.15) is 5.26 Å². The number of imidazole rings is 1. The van der Waals surface area contributed by atoms with Crippen LogP contribution in [-0.2, 0) is 11.2 Å². The minimum absolute atomic E-state index is 0.0963. The maximum absolute atomic E-state index is 14.2. The van der Waals surface area contributed by atoms with Crippen molar-refractivity contribution in [2.45, 2.75) is 20.3 Å². The van der Waals surface area contributed by atoms with Gasteiger partial charge in [0.1, 0.15) is 17.6 Å². The van der Waals surface area contributed by atoms with Crippen LogP contribution in [0.1, 0.15) is 35.9 Å². The SMILES string of the molecule is CCOC(=O)c1nc(CC)n(-c2c(F)cc(Br)cc2F)c1C#N. The number of nitriles is 1. The summed E-state index contributed by atoms with van der Waals surface area (Å²) in [6, 6.07) is 3.93. The predicted octanol–water partition coefficient (Wildman–Crippen LogP) is 3.52. The third-order valence-corrected chi connectivity index (χ3v) is 3.50. The Bertz CT molecular complexity index is 789. The van der Waals surface area contributed by atoms with Crippen molar-refractivity contribution in [3.8, 4) is 11.8 Å². The Morgan fingerprint density at radius 3 is 2.48 bits per heavy atom. The number of carbonyl (C=O) groups excluding carboxylic acids is 1. The van der Waals surface area contributed by atoms with Crippen molar-refractivity contribution < 1.29 is 18.3 Å². The number of hydrogen-bond donors (Lipinski definition) is 0. The van der Waals surface area contributed by atoms with Crippen molar-refractivity contribution in [3.05, 3.63) is 45.5 Å². The van der Waals surface area contributed by atoms with E-state index in [1.165, 1.54) is 0 Å². The van der Waals surface area contributed by atoms with Gasteiger partial charge >= 0.3 is 5.97 Å². The second kappa shape index (κ2) is 6.87. The number of benzene rings is 1. The molecule has 0 atom stereocenters. The maximum Gasteiger partial charge on any atom is 0.359 e. The largest absolute Gasteiger partial charge is 0.461 e. The molecule has 0 saturated heterocycles. The minimum atomic E-state index is -0.879. The highest BCUT2D eigenvalue weighted by atomic mass is 79.9. The van der Waals surface area contributed by atoms with Crippen LogP contribution in [0.2, 0.25) is 0 Å². The highest BCUT2D eigenvalue weighted by Crippen LogP contribution is 2.27. The first kappa shape index (κ1) is 17.1. The van der Waals surface area contributed by atoms with Crippen LogP contribution < -0.4 is 0 Å². The summed E-state index contributed by atoms with van der Waals surface area (Å²) < 4.78 is 34.6. The van der Waals surface area contributed by atoms with E-state index in [4.69, 9.17) is 4.74 Å². The number of aryl methyl sites for hydroxylation is 1. The summed E-state index contributed by atoms with van der Waals surface area (Å²) in [5, 5.41) is 9.35. The Morgan fingerprint density at radius 1 is 1.39 bits per heavy atom. The Labute approximate surface area is 139 Å². The molecule has 1 aromatic carbocycles. The van der Waals surface area contributed by atoms with E-state index < -0.39 is 23.3 Å². The smallest absolute Gasteiger partial charge is 0.359 e. The van der Waals surface area contributed by atoms with Crippen LogP contribution in [0.15, 0.2) is 16.6 Å². The molecule has 0 saturated carbocycles. The first-order chi connectivity index (χ1) is 10.9. The maximum atomic E-state index is 14.2. The molecule has 0 bridgehead atoms. The molecule has 0 aliphatic heterocycles. The Morgan fingerprint density at radius 2 is 2.00 bits per heavy atom. The number of aromatic nitrogens is 2. The summed E-state index contributed by atoms with van der Waals surface area (Å²) >= 11 is 3.00. The summed E-state index contributed by atoms with van der Waals surface area (Å²) in [6.45, 7) is 3.40. The van der Waals surface area contributed by atoms with Crippen LogP contribution >= 0.6 is 15.9 Å². The van der Waals surface area contributed by atoms with Crippen molar-refractivity contribution in [2.75, 3.05) is 6.61 Å². The third-order valence-electron chi connectivity index (χ3n) is 3.04. The van der Waals surface area contributed by atoms with Gasteiger partial charge in [-0.15, -0.1) is 0 Å². The van der Waals surface area contributed by atoms with Gasteiger partial charge in [0.25, 0.3) is 0 Å². The van der Waals surface area contributed by atoms with Gasteiger partial charge in [0.2, 0.25) is 0 Å². The van der Waals surface area contributed by atoms with Crippen molar-refractivity contribution in [3.63, 3.8) is 0 Å². The van der Waals surface area contributed by atoms with Gasteiger partial charge in [-0.25, -0.2) is 18.6 Å². The summed E-state index contributed by atoms with van der Waals surface area (Å²) in [6.07, 6.45) is 0.267. The topological polar surface area (TPSA) is 67.9 Å². The highest BCUT2D eigenvalue weighted by molar-refractivity contribution is 9.10. The van der Waals surface area contributed by atoms with Gasteiger partial charge < -0.3 is 4.74 Å². The Kier molecular flexibility index (Phi) is 5.11. The molecule has 0 unspecified atom stereocenters. The monoisotopic (exact) mass is 383 g/mol. The molecule has 0 fully saturated rings. The van der Waals surface area contributed by atoms with E-state index in [2.05, 4.69) is 20.9 Å². The lowest BCUT2D eigenvalue weighted by atomic mass is 10.2. The number of ether oxygens (including phenoxy) is 1. The summed E-state index contributed by atoms with van der Waals surface area (Å²) in [7, 11) is 0. The predicted molar refractivity (Wildman–Crippen MR) is 81.2 cm³/mol. The number of hydrogen-bond acceptors (Lipinski definition) is 4. The van der Waals surface area contributed by atoms with Crippen molar-refractivity contribution >= 4 is 21.9 Å². The molecular weight excluding hydrogens is 372 g/mol. The molecule has 1 heterocycles. The van der Waals surface area contributed by atoms with E-state index in [1.807, 2.05) is 0 Å². The van der Waals surface area contributed by atoms with Gasteiger partial charge in [0.05, 0.1) is 6.61 Å². The average Bonchev–Trinajstić information content (AvgIpc) is 2.85. The van der Waals surface area contributed by atoms with E-state index in [-0.39, 0.29) is 34.7 Å². The quantitative estimate of drug-likeness (QED) is 0.757. The number of nitrogens with zero attached hydrogens (tertiary/aromatic N) is 3. The first-order valence-corrected chi connectivity index (χ1v) is 7.57. The van der Waals surface area contributed by atoms with E-state index in [0.29, 0.717) is 0 Å². The molecule has 0 radical (unpaired) electrons. The summed E-state index contributed by atoms with van der Waals surface area (Å²) in [5.41, 5.74) is -0.974. The highest BCUT2D eigenvalue weighted by Gasteiger charge is 2.27. The standard InChI is InChI=1S/C15H12BrF2N3O2/c1-3-12-20-13(15(22)23-4-2)11(7-19)21(12)14-9(17)5-8(16)6-10(14)18/h5-6H,3-4H2,1-2H3. The zero-order valence-electron chi connectivity index (χ0n) is 12.4. The van der Waals surface area contributed by atoms with Crippen LogP contribution in [0.3, 0.4) is 0 Å². The molecule has 2 aromatic rings. The molecule has 1 aromatic heterocycles. The van der Waals surface area contributed by atoms with E-state index >= 15 is 0 Å². The fourth-order valence-electron chi connectivity index (χ4n) is 2.14. The summed E-state index contributed by atoms with van der Waals surface area (Å²) in [4.78, 5) is 15.9. The minimum Gasteiger partial charge on any atom is -0.461 e. The molecule has 0 aliphatic carbocycles. The molecule has 5 nitrogen and oxygen atoms in total. The van der Waals surface area contributed by atoms with Crippen molar-refractivity contribution in [1.82, 2.24) is 9.55 Å². The lowest BCUT2D eigenvalue weighted by Crippen LogP contribution is -2.10. The molecule has 0 aliphatic rings. The lowest BCUT2D eigenvalue weighted by molar-refractivity contribution is 0.0519. The normalized spacial score (nSPS) is 10.4. The zero-order valence-corrected chi connectivity index (χ0v) is 13.9. The van der Waals surface area contributed by atoms with Crippen LogP contribution in [0.4, 0.5) is 8.78 Å². The second-order valence-corrected chi connectivity index (χ2v) is 5.38. The molecule has 0 amide bonds. The van der Waals surface area contributed by atoms with E-state index in [0.717, 1.165) is 16.7 Å². The van der Waals surface area contributed by atoms with Gasteiger partial charge in [-0.3, -0.25) is 4.57 Å². The Hall–Kier alpha value is -2.27. The number of carbonyl (C=O) groups is 1. The van der Waals surface area contributed by atoms with Gasteiger partial charge in [-0.1, -0.05) is 22.9 Å². The third kappa shape index (κ3) is 3.10. The number of halogens is 3. The van der Waals surface area contributed by atoms with E-state index in [9.17, 15) is 18.8 Å². The molecule has 0 N–H and O–H groups in total. The van der Waals surface area contributed by atoms with Crippen LogP contribution in [0, 0.1) is 23.0 Å². The first-order valence-electron chi connectivity index (χ1n) is 6.78. The van der Waals surface area contributed by atoms with Crippen LogP contribution in [0.5, 0.6) is 0 Å². The lowest BCUT2D eigenvalue weighted by Gasteiger charge is -2.11. The fourth-order valence-corrected chi connectivity index (χ4v) is 2.54. The molecule has 2 rings (SSSR count). The van der Waals surface area contributed by atoms with Crippen molar-refractivity contribution in [2.24, 2.45) is 0 Å². The summed E-state index contributed by atoms with van der Waals surface area (Å²) in [5.74, 6) is -2.38. The second-order valence-electron chi connectivity index (χ2n) is 4.46. The fraction of sp³-hybridized carbons (Fsp3) is 0.267. The van der Waals surface area contributed by atoms with Gasteiger partial charge in [0, 0.05) is 10.9 Å². The molecular formula is C15H12BrF2N3O2.